The van der Waals surface area contributed by atoms with Crippen LogP contribution in [-0.2, 0) is 22.6 Å². The molecule has 10 heteroatoms. The molecular formula is C39H43F2N3O5. The van der Waals surface area contributed by atoms with Gasteiger partial charge in [0.25, 0.3) is 0 Å². The number of aliphatic hydroxyl groups excluding tert-OH is 1. The summed E-state index contributed by atoms with van der Waals surface area (Å²) in [6.07, 6.45) is -2.17. The number of anilines is 1. The average molecular weight is 672 g/mol. The van der Waals surface area contributed by atoms with Gasteiger partial charge in [-0.1, -0.05) is 60.7 Å². The SMILES string of the molecule is COc1ccc(N2CCN(C(=O)OC(C)(C)C)[C@@H](C[C@@H]([C@@H](O)c3cc(F)cc(F)c3)N(Cc3ccccc3)Cc3ccccc3)C2=O)cc1. The maximum absolute atomic E-state index is 14.6. The first-order valence-corrected chi connectivity index (χ1v) is 16.3. The third kappa shape index (κ3) is 9.22. The predicted molar refractivity (Wildman–Crippen MR) is 184 cm³/mol. The Bertz CT molecular complexity index is 1640. The zero-order valence-electron chi connectivity index (χ0n) is 28.3. The molecule has 2 amide bonds. The van der Waals surface area contributed by atoms with Crippen molar-refractivity contribution in [2.45, 2.75) is 64.1 Å². The topological polar surface area (TPSA) is 82.6 Å². The third-order valence-electron chi connectivity index (χ3n) is 8.49. The first-order chi connectivity index (χ1) is 23.4. The number of amides is 2. The second-order valence-corrected chi connectivity index (χ2v) is 13.2. The number of methoxy groups -OCH3 is 1. The van der Waals surface area contributed by atoms with Crippen LogP contribution < -0.4 is 9.64 Å². The van der Waals surface area contributed by atoms with E-state index in [1.54, 1.807) is 57.0 Å². The van der Waals surface area contributed by atoms with Gasteiger partial charge in [0.15, 0.2) is 0 Å². The van der Waals surface area contributed by atoms with Crippen molar-refractivity contribution in [3.63, 3.8) is 0 Å². The number of carbonyl (C=O) groups excluding carboxylic acids is 2. The van der Waals surface area contributed by atoms with Crippen molar-refractivity contribution >= 4 is 17.7 Å². The molecule has 1 aliphatic heterocycles. The number of piperazine rings is 1. The van der Waals surface area contributed by atoms with Crippen molar-refractivity contribution in [3.8, 4) is 5.75 Å². The molecule has 3 atom stereocenters. The Labute approximate surface area is 286 Å². The maximum atomic E-state index is 14.6. The molecule has 0 aromatic heterocycles. The molecular weight excluding hydrogens is 628 g/mol. The minimum atomic E-state index is -1.44. The lowest BCUT2D eigenvalue weighted by Gasteiger charge is -2.44. The van der Waals surface area contributed by atoms with Gasteiger partial charge in [0, 0.05) is 44.0 Å². The Hall–Kier alpha value is -4.80. The summed E-state index contributed by atoms with van der Waals surface area (Å²) in [4.78, 5) is 33.2. The summed E-state index contributed by atoms with van der Waals surface area (Å²) in [5, 5.41) is 12.1. The Kier molecular flexibility index (Phi) is 11.3. The van der Waals surface area contributed by atoms with Crippen LogP contribution in [0.15, 0.2) is 103 Å². The molecule has 0 bridgehead atoms. The van der Waals surface area contributed by atoms with Gasteiger partial charge in [0.05, 0.1) is 13.2 Å². The van der Waals surface area contributed by atoms with Gasteiger partial charge in [0.1, 0.15) is 29.0 Å². The Morgan fingerprint density at radius 1 is 0.878 bits per heavy atom. The molecule has 1 aliphatic rings. The molecule has 4 aromatic carbocycles. The quantitative estimate of drug-likeness (QED) is 0.183. The average Bonchev–Trinajstić information content (AvgIpc) is 3.07. The number of hydrogen-bond acceptors (Lipinski definition) is 6. The van der Waals surface area contributed by atoms with Gasteiger partial charge in [-0.05, 0) is 80.3 Å². The molecule has 0 spiro atoms. The highest BCUT2D eigenvalue weighted by Crippen LogP contribution is 2.33. The van der Waals surface area contributed by atoms with Gasteiger partial charge in [-0.15, -0.1) is 0 Å². The number of halogens is 2. The van der Waals surface area contributed by atoms with Gasteiger partial charge in [-0.3, -0.25) is 14.6 Å². The van der Waals surface area contributed by atoms with Gasteiger partial charge >= 0.3 is 6.09 Å². The highest BCUT2D eigenvalue weighted by molar-refractivity contribution is 6.00. The minimum Gasteiger partial charge on any atom is -0.497 e. The third-order valence-corrected chi connectivity index (χ3v) is 8.49. The second kappa shape index (κ2) is 15.6. The van der Waals surface area contributed by atoms with Gasteiger partial charge in [-0.2, -0.15) is 0 Å². The molecule has 1 saturated heterocycles. The highest BCUT2D eigenvalue weighted by atomic mass is 19.1. The second-order valence-electron chi connectivity index (χ2n) is 13.2. The molecule has 0 radical (unpaired) electrons. The molecule has 5 rings (SSSR count). The van der Waals surface area contributed by atoms with Gasteiger partial charge in [0.2, 0.25) is 5.91 Å². The van der Waals surface area contributed by atoms with Gasteiger partial charge in [-0.25, -0.2) is 13.6 Å². The van der Waals surface area contributed by atoms with Crippen LogP contribution in [0.25, 0.3) is 0 Å². The molecule has 0 unspecified atom stereocenters. The van der Waals surface area contributed by atoms with E-state index >= 15 is 0 Å². The lowest BCUT2D eigenvalue weighted by atomic mass is 9.91. The van der Waals surface area contributed by atoms with Crippen molar-refractivity contribution in [3.05, 3.63) is 131 Å². The molecule has 8 nitrogen and oxygen atoms in total. The van der Waals surface area contributed by atoms with E-state index in [0.717, 1.165) is 29.3 Å². The van der Waals surface area contributed by atoms with E-state index in [1.165, 1.54) is 4.90 Å². The van der Waals surface area contributed by atoms with Crippen LogP contribution in [0.1, 0.15) is 50.0 Å². The molecule has 49 heavy (non-hydrogen) atoms. The molecule has 1 fully saturated rings. The summed E-state index contributed by atoms with van der Waals surface area (Å²) in [6, 6.07) is 27.3. The number of nitrogens with zero attached hydrogens (tertiary/aromatic N) is 3. The summed E-state index contributed by atoms with van der Waals surface area (Å²) < 4.78 is 40.2. The zero-order chi connectivity index (χ0) is 35.1. The fourth-order valence-electron chi connectivity index (χ4n) is 6.17. The maximum Gasteiger partial charge on any atom is 0.411 e. The normalized spacial score (nSPS) is 16.4. The number of carbonyl (C=O) groups is 2. The molecule has 258 valence electrons. The van der Waals surface area contributed by atoms with E-state index in [9.17, 15) is 23.5 Å². The Morgan fingerprint density at radius 2 is 1.43 bits per heavy atom. The number of rotatable bonds is 11. The lowest BCUT2D eigenvalue weighted by Crippen LogP contribution is -2.61. The summed E-state index contributed by atoms with van der Waals surface area (Å²) in [5.41, 5.74) is 1.67. The smallest absolute Gasteiger partial charge is 0.411 e. The van der Waals surface area contributed by atoms with Crippen LogP contribution in [0.3, 0.4) is 0 Å². The number of aliphatic hydroxyl groups is 1. The molecule has 4 aromatic rings. The van der Waals surface area contributed by atoms with Crippen LogP contribution in [0.2, 0.25) is 0 Å². The van der Waals surface area contributed by atoms with Crippen LogP contribution in [-0.4, -0.2) is 64.8 Å². The van der Waals surface area contributed by atoms with Crippen LogP contribution in [0.5, 0.6) is 5.75 Å². The van der Waals surface area contributed by atoms with E-state index in [2.05, 4.69) is 0 Å². The fourth-order valence-corrected chi connectivity index (χ4v) is 6.17. The van der Waals surface area contributed by atoms with Crippen molar-refractivity contribution in [2.75, 3.05) is 25.1 Å². The molecule has 0 saturated carbocycles. The minimum absolute atomic E-state index is 0.0210. The fraction of sp³-hybridized carbons (Fsp3) is 0.333. The summed E-state index contributed by atoms with van der Waals surface area (Å²) in [5.74, 6) is -1.41. The first-order valence-electron chi connectivity index (χ1n) is 16.3. The number of benzene rings is 4. The van der Waals surface area contributed by atoms with Crippen molar-refractivity contribution < 1.29 is 33.0 Å². The lowest BCUT2D eigenvalue weighted by molar-refractivity contribution is -0.127. The molecule has 0 aliphatic carbocycles. The van der Waals surface area contributed by atoms with Gasteiger partial charge < -0.3 is 19.5 Å². The summed E-state index contributed by atoms with van der Waals surface area (Å²) >= 11 is 0. The van der Waals surface area contributed by atoms with Crippen molar-refractivity contribution in [1.82, 2.24) is 9.80 Å². The Morgan fingerprint density at radius 3 is 1.94 bits per heavy atom. The van der Waals surface area contributed by atoms with E-state index in [1.807, 2.05) is 65.6 Å². The van der Waals surface area contributed by atoms with E-state index in [0.29, 0.717) is 24.5 Å². The standard InChI is InChI=1S/C39H43F2N3O5/c1-39(2,3)49-38(47)44-20-19-43(32-15-17-33(48-4)18-16-32)37(46)35(44)24-34(36(45)29-21-30(40)23-31(41)22-29)42(25-27-11-7-5-8-12-27)26-28-13-9-6-10-14-28/h5-18,21-23,34-36,45H,19-20,24-26H2,1-4H3/t34-,35-,36-/m0/s1. The Balaban J connectivity index is 1.60. The van der Waals surface area contributed by atoms with Crippen molar-refractivity contribution in [2.24, 2.45) is 0 Å². The van der Waals surface area contributed by atoms with Crippen LogP contribution in [0, 0.1) is 11.6 Å². The van der Waals surface area contributed by atoms with Crippen molar-refractivity contribution in [1.29, 1.82) is 0 Å². The monoisotopic (exact) mass is 671 g/mol. The van der Waals surface area contributed by atoms with Crippen LogP contribution in [0.4, 0.5) is 19.3 Å². The van der Waals surface area contributed by atoms with E-state index < -0.39 is 41.5 Å². The van der Waals surface area contributed by atoms with Crippen LogP contribution >= 0.6 is 0 Å². The number of hydrogen-bond donors (Lipinski definition) is 1. The molecule has 1 heterocycles. The molecule has 1 N–H and O–H groups in total. The number of ether oxygens (including phenoxy) is 2. The predicted octanol–water partition coefficient (Wildman–Crippen LogP) is 7.12. The van der Waals surface area contributed by atoms with E-state index in [-0.39, 0.29) is 31.0 Å². The largest absolute Gasteiger partial charge is 0.497 e. The zero-order valence-corrected chi connectivity index (χ0v) is 28.3. The summed E-state index contributed by atoms with van der Waals surface area (Å²) in [7, 11) is 1.56. The highest BCUT2D eigenvalue weighted by Gasteiger charge is 2.43. The summed E-state index contributed by atoms with van der Waals surface area (Å²) in [6.45, 7) is 6.30. The first kappa shape index (κ1) is 35.5. The van der Waals surface area contributed by atoms with E-state index in [4.69, 9.17) is 9.47 Å².